The lowest BCUT2D eigenvalue weighted by Gasteiger charge is -2.28. The molecule has 124 valence electrons. The molecule has 0 bridgehead atoms. The van der Waals surface area contributed by atoms with Gasteiger partial charge in [-0.15, -0.1) is 12.4 Å². The van der Waals surface area contributed by atoms with Crippen LogP contribution in [0, 0.1) is 11.7 Å². The first-order valence-electron chi connectivity index (χ1n) is 7.39. The lowest BCUT2D eigenvalue weighted by Crippen LogP contribution is -2.43. The maximum atomic E-state index is 14.0. The monoisotopic (exact) mass is 330 g/mol. The summed E-state index contributed by atoms with van der Waals surface area (Å²) in [6.45, 7) is 4.70. The van der Waals surface area contributed by atoms with E-state index in [9.17, 15) is 9.18 Å². The van der Waals surface area contributed by atoms with Crippen molar-refractivity contribution in [2.75, 3.05) is 13.7 Å². The van der Waals surface area contributed by atoms with E-state index in [2.05, 4.69) is 17.6 Å². The molecule has 2 N–H and O–H groups in total. The Hall–Kier alpha value is -1.33. The van der Waals surface area contributed by atoms with Crippen LogP contribution in [0.1, 0.15) is 38.3 Å². The van der Waals surface area contributed by atoms with E-state index in [-0.39, 0.29) is 30.0 Å². The van der Waals surface area contributed by atoms with Crippen LogP contribution < -0.4 is 15.4 Å². The molecule has 0 spiro atoms. The molecule has 1 unspecified atom stereocenters. The number of piperidine rings is 1. The van der Waals surface area contributed by atoms with Gasteiger partial charge in [0.25, 0.3) is 0 Å². The highest BCUT2D eigenvalue weighted by molar-refractivity contribution is 5.85. The average molecular weight is 331 g/mol. The molecule has 2 rings (SSSR count). The third kappa shape index (κ3) is 4.34. The number of nitrogens with one attached hydrogen (secondary N) is 2. The van der Waals surface area contributed by atoms with Crippen LogP contribution in [0.4, 0.5) is 4.39 Å². The first kappa shape index (κ1) is 18.7. The van der Waals surface area contributed by atoms with Gasteiger partial charge in [-0.05, 0) is 45.4 Å². The van der Waals surface area contributed by atoms with Crippen molar-refractivity contribution in [2.45, 2.75) is 38.8 Å². The molecule has 1 aromatic rings. The Bertz CT molecular complexity index is 513. The lowest BCUT2D eigenvalue weighted by molar-refractivity contribution is -0.126. The molecule has 1 saturated heterocycles. The standard InChI is InChI=1S/C16H23FN2O2.ClH/c1-10-9-12(7-8-18-10)16(20)19-11(2)15-13(17)5-4-6-14(15)21-3;/h4-6,10-12,18H,7-9H2,1-3H3,(H,19,20);1H/t10-,11?,12-;/m0./s1. The molecule has 1 fully saturated rings. The molecular weight excluding hydrogens is 307 g/mol. The van der Waals surface area contributed by atoms with Gasteiger partial charge in [0.05, 0.1) is 18.7 Å². The van der Waals surface area contributed by atoms with Crippen LogP contribution in [-0.4, -0.2) is 25.6 Å². The Kier molecular flexibility index (Phi) is 7.10. The third-order valence-electron chi connectivity index (χ3n) is 4.02. The van der Waals surface area contributed by atoms with Gasteiger partial charge in [-0.25, -0.2) is 4.39 Å². The second-order valence-electron chi connectivity index (χ2n) is 5.66. The fourth-order valence-corrected chi connectivity index (χ4v) is 2.89. The van der Waals surface area contributed by atoms with E-state index in [0.29, 0.717) is 17.4 Å². The average Bonchev–Trinajstić information content (AvgIpc) is 2.46. The quantitative estimate of drug-likeness (QED) is 0.892. The van der Waals surface area contributed by atoms with Gasteiger partial charge in [-0.1, -0.05) is 6.07 Å². The third-order valence-corrected chi connectivity index (χ3v) is 4.02. The normalized spacial score (nSPS) is 22.4. The van der Waals surface area contributed by atoms with Gasteiger partial charge >= 0.3 is 0 Å². The van der Waals surface area contributed by atoms with Gasteiger partial charge in [0.15, 0.2) is 0 Å². The van der Waals surface area contributed by atoms with Crippen molar-refractivity contribution in [1.82, 2.24) is 10.6 Å². The van der Waals surface area contributed by atoms with Crippen molar-refractivity contribution >= 4 is 18.3 Å². The van der Waals surface area contributed by atoms with Gasteiger partial charge in [0, 0.05) is 12.0 Å². The molecule has 3 atom stereocenters. The SMILES string of the molecule is COc1cccc(F)c1C(C)NC(=O)[C@H]1CCN[C@@H](C)C1.Cl. The summed E-state index contributed by atoms with van der Waals surface area (Å²) in [6, 6.07) is 4.60. The van der Waals surface area contributed by atoms with Gasteiger partial charge in [-0.2, -0.15) is 0 Å². The van der Waals surface area contributed by atoms with Crippen molar-refractivity contribution in [3.05, 3.63) is 29.6 Å². The number of hydrogen-bond donors (Lipinski definition) is 2. The predicted octanol–water partition coefficient (Wildman–Crippen LogP) is 2.82. The van der Waals surface area contributed by atoms with Crippen LogP contribution in [0.3, 0.4) is 0 Å². The van der Waals surface area contributed by atoms with Crippen LogP contribution in [-0.2, 0) is 4.79 Å². The molecule has 1 amide bonds. The minimum absolute atomic E-state index is 0. The van der Waals surface area contributed by atoms with E-state index in [1.165, 1.54) is 13.2 Å². The number of benzene rings is 1. The predicted molar refractivity (Wildman–Crippen MR) is 86.9 cm³/mol. The zero-order valence-electron chi connectivity index (χ0n) is 13.2. The molecule has 6 heteroatoms. The van der Waals surface area contributed by atoms with E-state index in [0.717, 1.165) is 19.4 Å². The smallest absolute Gasteiger partial charge is 0.223 e. The number of methoxy groups -OCH3 is 1. The summed E-state index contributed by atoms with van der Waals surface area (Å²) in [7, 11) is 1.50. The number of hydrogen-bond acceptors (Lipinski definition) is 3. The van der Waals surface area contributed by atoms with Crippen molar-refractivity contribution in [1.29, 1.82) is 0 Å². The van der Waals surface area contributed by atoms with Crippen LogP contribution in [0.2, 0.25) is 0 Å². The molecule has 0 saturated carbocycles. The second-order valence-corrected chi connectivity index (χ2v) is 5.66. The van der Waals surface area contributed by atoms with Crippen LogP contribution in [0.5, 0.6) is 5.75 Å². The van der Waals surface area contributed by atoms with E-state index in [1.54, 1.807) is 19.1 Å². The number of carbonyl (C=O) groups excluding carboxylic acids is 1. The fourth-order valence-electron chi connectivity index (χ4n) is 2.89. The highest BCUT2D eigenvalue weighted by atomic mass is 35.5. The molecule has 1 aliphatic rings. The maximum Gasteiger partial charge on any atom is 0.223 e. The largest absolute Gasteiger partial charge is 0.496 e. The van der Waals surface area contributed by atoms with Gasteiger partial charge in [0.2, 0.25) is 5.91 Å². The van der Waals surface area contributed by atoms with Crippen LogP contribution in [0.25, 0.3) is 0 Å². The van der Waals surface area contributed by atoms with E-state index < -0.39 is 6.04 Å². The minimum Gasteiger partial charge on any atom is -0.496 e. The summed E-state index contributed by atoms with van der Waals surface area (Å²) < 4.78 is 19.2. The summed E-state index contributed by atoms with van der Waals surface area (Å²) in [6.07, 6.45) is 1.63. The van der Waals surface area contributed by atoms with Gasteiger partial charge < -0.3 is 15.4 Å². The molecule has 0 radical (unpaired) electrons. The summed E-state index contributed by atoms with van der Waals surface area (Å²) in [5.74, 6) is 0.0740. The highest BCUT2D eigenvalue weighted by Gasteiger charge is 2.27. The Labute approximate surface area is 137 Å². The van der Waals surface area contributed by atoms with Gasteiger partial charge in [-0.3, -0.25) is 4.79 Å². The summed E-state index contributed by atoms with van der Waals surface area (Å²) in [4.78, 5) is 12.3. The molecule has 1 heterocycles. The van der Waals surface area contributed by atoms with E-state index in [1.807, 2.05) is 0 Å². The molecule has 22 heavy (non-hydrogen) atoms. The number of halogens is 2. The summed E-state index contributed by atoms with van der Waals surface area (Å²) >= 11 is 0. The van der Waals surface area contributed by atoms with Crippen LogP contribution >= 0.6 is 12.4 Å². The van der Waals surface area contributed by atoms with Crippen LogP contribution in [0.15, 0.2) is 18.2 Å². The number of amides is 1. The number of rotatable bonds is 4. The summed E-state index contributed by atoms with van der Waals surface area (Å²) in [5, 5.41) is 6.23. The molecule has 1 aliphatic heterocycles. The van der Waals surface area contributed by atoms with Crippen molar-refractivity contribution in [3.63, 3.8) is 0 Å². The fraction of sp³-hybridized carbons (Fsp3) is 0.562. The van der Waals surface area contributed by atoms with Crippen molar-refractivity contribution in [2.24, 2.45) is 5.92 Å². The Morgan fingerprint density at radius 2 is 2.23 bits per heavy atom. The van der Waals surface area contributed by atoms with E-state index in [4.69, 9.17) is 4.74 Å². The maximum absolute atomic E-state index is 14.0. The highest BCUT2D eigenvalue weighted by Crippen LogP contribution is 2.28. The number of carbonyl (C=O) groups is 1. The summed E-state index contributed by atoms with van der Waals surface area (Å²) in [5.41, 5.74) is 0.398. The van der Waals surface area contributed by atoms with Crippen molar-refractivity contribution < 1.29 is 13.9 Å². The zero-order chi connectivity index (χ0) is 15.4. The molecular formula is C16H24ClFN2O2. The molecule has 0 aromatic heterocycles. The topological polar surface area (TPSA) is 50.4 Å². The van der Waals surface area contributed by atoms with E-state index >= 15 is 0 Å². The first-order valence-corrected chi connectivity index (χ1v) is 7.39. The minimum atomic E-state index is -0.418. The number of ether oxygens (including phenoxy) is 1. The Morgan fingerprint density at radius 1 is 1.50 bits per heavy atom. The molecule has 4 nitrogen and oxygen atoms in total. The Balaban J connectivity index is 0.00000242. The zero-order valence-corrected chi connectivity index (χ0v) is 14.0. The van der Waals surface area contributed by atoms with Crippen molar-refractivity contribution in [3.8, 4) is 5.75 Å². The molecule has 1 aromatic carbocycles. The second kappa shape index (κ2) is 8.34. The Morgan fingerprint density at radius 3 is 2.86 bits per heavy atom. The lowest BCUT2D eigenvalue weighted by atomic mass is 9.92. The molecule has 0 aliphatic carbocycles. The first-order chi connectivity index (χ1) is 10.0. The van der Waals surface area contributed by atoms with Gasteiger partial charge in [0.1, 0.15) is 11.6 Å².